The van der Waals surface area contributed by atoms with Crippen LogP contribution in [-0.4, -0.2) is 66.8 Å². The Kier molecular flexibility index (Phi) is 6.51. The number of aromatic amines is 1. The lowest BCUT2D eigenvalue weighted by molar-refractivity contribution is -0.127. The lowest BCUT2D eigenvalue weighted by atomic mass is 10.2. The van der Waals surface area contributed by atoms with Gasteiger partial charge in [-0.15, -0.1) is 0 Å². The van der Waals surface area contributed by atoms with Gasteiger partial charge in [-0.25, -0.2) is 4.98 Å². The van der Waals surface area contributed by atoms with Crippen molar-refractivity contribution in [1.82, 2.24) is 34.8 Å². The second-order valence-corrected chi connectivity index (χ2v) is 8.00. The third-order valence-corrected chi connectivity index (χ3v) is 5.13. The van der Waals surface area contributed by atoms with Crippen LogP contribution in [0.2, 0.25) is 5.15 Å². The Bertz CT molecular complexity index is 847. The van der Waals surface area contributed by atoms with Crippen molar-refractivity contribution in [1.29, 1.82) is 0 Å². The van der Waals surface area contributed by atoms with Crippen molar-refractivity contribution in [3.8, 4) is 0 Å². The number of piperazine rings is 1. The molecule has 3 heterocycles. The van der Waals surface area contributed by atoms with Gasteiger partial charge >= 0.3 is 0 Å². The molecule has 1 amide bonds. The number of hydrogen-bond acceptors (Lipinski definition) is 5. The largest absolute Gasteiger partial charge is 0.337 e. The fourth-order valence-corrected chi connectivity index (χ4v) is 3.58. The van der Waals surface area contributed by atoms with Gasteiger partial charge < -0.3 is 4.90 Å². The van der Waals surface area contributed by atoms with Gasteiger partial charge in [-0.1, -0.05) is 25.4 Å². The molecular formula is C19H28ClN7O. The Hall–Kier alpha value is -2.19. The summed E-state index contributed by atoms with van der Waals surface area (Å²) in [5, 5.41) is 12.1. The molecule has 2 aromatic heterocycles. The molecule has 0 radical (unpaired) electrons. The topological polar surface area (TPSA) is 82.9 Å². The minimum Gasteiger partial charge on any atom is -0.337 e. The fraction of sp³-hybridized carbons (Fsp3) is 0.579. The van der Waals surface area contributed by atoms with Gasteiger partial charge in [-0.05, 0) is 25.8 Å². The van der Waals surface area contributed by atoms with Gasteiger partial charge in [0.25, 0.3) is 0 Å². The molecular weight excluding hydrogens is 378 g/mol. The number of rotatable bonds is 6. The number of carbonyl (C=O) groups excluding carboxylic acids is 1. The van der Waals surface area contributed by atoms with Crippen molar-refractivity contribution < 1.29 is 4.79 Å². The lowest BCUT2D eigenvalue weighted by Gasteiger charge is -2.33. The zero-order chi connectivity index (χ0) is 20.3. The van der Waals surface area contributed by atoms with Crippen LogP contribution >= 0.6 is 11.6 Å². The monoisotopic (exact) mass is 405 g/mol. The summed E-state index contributed by atoms with van der Waals surface area (Å²) in [7, 11) is 0. The molecule has 2 aromatic rings. The molecule has 9 heteroatoms. The minimum atomic E-state index is 0.000431. The highest BCUT2D eigenvalue weighted by Crippen LogP contribution is 2.22. The first-order valence-corrected chi connectivity index (χ1v) is 10.0. The predicted molar refractivity (Wildman–Crippen MR) is 109 cm³/mol. The Balaban J connectivity index is 1.55. The van der Waals surface area contributed by atoms with E-state index in [4.69, 9.17) is 11.6 Å². The molecule has 0 bridgehead atoms. The number of aryl methyl sites for hydroxylation is 2. The van der Waals surface area contributed by atoms with Gasteiger partial charge in [0.15, 0.2) is 5.82 Å². The minimum absolute atomic E-state index is 0.000431. The zero-order valence-electron chi connectivity index (χ0n) is 16.9. The third-order valence-electron chi connectivity index (χ3n) is 4.73. The van der Waals surface area contributed by atoms with E-state index in [1.54, 1.807) is 16.8 Å². The summed E-state index contributed by atoms with van der Waals surface area (Å²) in [5.74, 6) is 2.06. The third kappa shape index (κ3) is 4.99. The standard InChI is InChI=1S/C19H28ClN7O/c1-13(2)11-27-19(20)16(14(3)24-27)5-6-18(28)26-9-7-25(8-10-26)12-17-21-15(4)22-23-17/h5-6,13H,7-12H2,1-4H3,(H,21,22,23)/b6-5+. The molecule has 1 saturated heterocycles. The molecule has 0 aliphatic carbocycles. The highest BCUT2D eigenvalue weighted by atomic mass is 35.5. The van der Waals surface area contributed by atoms with Gasteiger partial charge in [-0.3, -0.25) is 19.5 Å². The van der Waals surface area contributed by atoms with Crippen molar-refractivity contribution in [3.05, 3.63) is 34.1 Å². The number of halogens is 1. The van der Waals surface area contributed by atoms with E-state index in [0.717, 1.165) is 42.5 Å². The van der Waals surface area contributed by atoms with Crippen LogP contribution in [0.1, 0.15) is 36.8 Å². The molecule has 1 N–H and O–H groups in total. The fourth-order valence-electron chi connectivity index (χ4n) is 3.27. The van der Waals surface area contributed by atoms with Crippen LogP contribution in [0, 0.1) is 19.8 Å². The first kappa shape index (κ1) is 20.5. The van der Waals surface area contributed by atoms with Crippen molar-refractivity contribution in [2.75, 3.05) is 26.2 Å². The second-order valence-electron chi connectivity index (χ2n) is 7.64. The maximum absolute atomic E-state index is 12.6. The molecule has 8 nitrogen and oxygen atoms in total. The van der Waals surface area contributed by atoms with E-state index in [1.165, 1.54) is 0 Å². The van der Waals surface area contributed by atoms with Crippen molar-refractivity contribution in [2.45, 2.75) is 40.8 Å². The van der Waals surface area contributed by atoms with Crippen LogP contribution in [0.5, 0.6) is 0 Å². The van der Waals surface area contributed by atoms with E-state index in [9.17, 15) is 4.79 Å². The van der Waals surface area contributed by atoms with Crippen LogP contribution in [0.4, 0.5) is 0 Å². The molecule has 0 aromatic carbocycles. The normalized spacial score (nSPS) is 15.9. The quantitative estimate of drug-likeness (QED) is 0.745. The molecule has 1 aliphatic heterocycles. The Morgan fingerprint density at radius 3 is 2.57 bits per heavy atom. The number of amides is 1. The summed E-state index contributed by atoms with van der Waals surface area (Å²) in [6, 6.07) is 0. The number of aromatic nitrogens is 5. The molecule has 152 valence electrons. The summed E-state index contributed by atoms with van der Waals surface area (Å²) in [4.78, 5) is 21.0. The molecule has 0 unspecified atom stereocenters. The molecule has 1 fully saturated rings. The summed E-state index contributed by atoms with van der Waals surface area (Å²) < 4.78 is 1.80. The maximum atomic E-state index is 12.6. The van der Waals surface area contributed by atoms with E-state index < -0.39 is 0 Å². The van der Waals surface area contributed by atoms with Crippen LogP contribution < -0.4 is 0 Å². The average molecular weight is 406 g/mol. The Labute approximate surface area is 170 Å². The van der Waals surface area contributed by atoms with Crippen LogP contribution in [-0.2, 0) is 17.9 Å². The van der Waals surface area contributed by atoms with Crippen LogP contribution in [0.25, 0.3) is 6.08 Å². The van der Waals surface area contributed by atoms with Gasteiger partial charge in [0.05, 0.1) is 12.2 Å². The van der Waals surface area contributed by atoms with E-state index in [1.807, 2.05) is 18.7 Å². The van der Waals surface area contributed by atoms with E-state index in [-0.39, 0.29) is 5.91 Å². The highest BCUT2D eigenvalue weighted by Gasteiger charge is 2.21. The molecule has 0 atom stereocenters. The highest BCUT2D eigenvalue weighted by molar-refractivity contribution is 6.31. The SMILES string of the molecule is Cc1nc(CN2CCN(C(=O)/C=C/c3c(C)nn(CC(C)C)c3Cl)CC2)n[nH]1. The van der Waals surface area contributed by atoms with Gasteiger partial charge in [0.1, 0.15) is 11.0 Å². The van der Waals surface area contributed by atoms with E-state index in [2.05, 4.69) is 39.0 Å². The van der Waals surface area contributed by atoms with Crippen LogP contribution in [0.15, 0.2) is 6.08 Å². The maximum Gasteiger partial charge on any atom is 0.246 e. The summed E-state index contributed by atoms with van der Waals surface area (Å²) >= 11 is 6.44. The predicted octanol–water partition coefficient (Wildman–Crippen LogP) is 2.29. The average Bonchev–Trinajstić information content (AvgIpc) is 3.16. The molecule has 1 aliphatic rings. The molecule has 3 rings (SSSR count). The van der Waals surface area contributed by atoms with Crippen LogP contribution in [0.3, 0.4) is 0 Å². The number of hydrogen-bond donors (Lipinski definition) is 1. The van der Waals surface area contributed by atoms with Gasteiger partial charge in [0.2, 0.25) is 5.91 Å². The van der Waals surface area contributed by atoms with Crippen molar-refractivity contribution in [2.24, 2.45) is 5.92 Å². The summed E-state index contributed by atoms with van der Waals surface area (Å²) in [5.41, 5.74) is 1.65. The number of H-pyrrole nitrogens is 1. The van der Waals surface area contributed by atoms with E-state index in [0.29, 0.717) is 30.7 Å². The second kappa shape index (κ2) is 8.87. The Morgan fingerprint density at radius 1 is 1.25 bits per heavy atom. The zero-order valence-corrected chi connectivity index (χ0v) is 17.7. The first-order chi connectivity index (χ1) is 13.3. The van der Waals surface area contributed by atoms with E-state index >= 15 is 0 Å². The number of nitrogens with zero attached hydrogens (tertiary/aromatic N) is 6. The van der Waals surface area contributed by atoms with Gasteiger partial charge in [0, 0.05) is 44.4 Å². The van der Waals surface area contributed by atoms with Gasteiger partial charge in [-0.2, -0.15) is 10.2 Å². The Morgan fingerprint density at radius 2 is 1.96 bits per heavy atom. The summed E-state index contributed by atoms with van der Waals surface area (Å²) in [6.45, 7) is 12.5. The summed E-state index contributed by atoms with van der Waals surface area (Å²) in [6.07, 6.45) is 3.39. The number of nitrogens with one attached hydrogen (secondary N) is 1. The first-order valence-electron chi connectivity index (χ1n) is 9.63. The number of carbonyl (C=O) groups is 1. The van der Waals surface area contributed by atoms with Crippen molar-refractivity contribution >= 4 is 23.6 Å². The lowest BCUT2D eigenvalue weighted by Crippen LogP contribution is -2.47. The molecule has 0 saturated carbocycles. The van der Waals surface area contributed by atoms with Crippen molar-refractivity contribution in [3.63, 3.8) is 0 Å². The molecule has 0 spiro atoms. The smallest absolute Gasteiger partial charge is 0.246 e. The molecule has 28 heavy (non-hydrogen) atoms.